The number of aliphatic hydroxyl groups is 2. The Morgan fingerprint density at radius 2 is 0.864 bits per heavy atom. The first-order valence-corrected chi connectivity index (χ1v) is 6.54. The van der Waals surface area contributed by atoms with Crippen molar-refractivity contribution >= 4 is 0 Å². The molecule has 0 heterocycles. The van der Waals surface area contributed by atoms with E-state index in [1.165, 1.54) is 12.8 Å². The zero-order valence-electron chi connectivity index (χ0n) is 15.3. The van der Waals surface area contributed by atoms with E-state index in [0.717, 1.165) is 6.61 Å². The molecule has 0 aliphatic rings. The minimum absolute atomic E-state index is 0.125. The maximum absolute atomic E-state index is 7.62. The first-order chi connectivity index (χ1) is 10.8. The first kappa shape index (κ1) is 50.0. The van der Waals surface area contributed by atoms with Crippen molar-refractivity contribution in [1.82, 2.24) is 0 Å². The summed E-state index contributed by atoms with van der Waals surface area (Å²) in [6.45, 7) is 38.8. The number of aliphatic hydroxyl groups excluding tert-OH is 2. The molecule has 0 atom stereocenters. The molecule has 2 N–H and O–H groups in total. The number of methoxy groups -OCH3 is 1. The fraction of sp³-hybridized carbons (Fsp3) is 0.368. The van der Waals surface area contributed by atoms with E-state index < -0.39 is 0 Å². The molecular weight excluding hydrogens is 276 g/mol. The topological polar surface area (TPSA) is 49.7 Å². The van der Waals surface area contributed by atoms with Gasteiger partial charge in [-0.2, -0.15) is 0 Å². The quantitative estimate of drug-likeness (QED) is 0.552. The van der Waals surface area contributed by atoms with Gasteiger partial charge in [0.2, 0.25) is 0 Å². The summed E-state index contributed by atoms with van der Waals surface area (Å²) >= 11 is 0. The highest BCUT2D eigenvalue weighted by atomic mass is 16.5. The number of hydrogen-bond acceptors (Lipinski definition) is 3. The highest BCUT2D eigenvalue weighted by Gasteiger charge is 1.74. The highest BCUT2D eigenvalue weighted by molar-refractivity contribution is 4.26. The van der Waals surface area contributed by atoms with Crippen molar-refractivity contribution in [3.63, 3.8) is 0 Å². The molecule has 136 valence electrons. The van der Waals surface area contributed by atoms with Crippen LogP contribution in [0, 0.1) is 0 Å². The molecule has 0 spiro atoms. The lowest BCUT2D eigenvalue weighted by molar-refractivity contribution is 0.186. The first-order valence-electron chi connectivity index (χ1n) is 6.54. The molecule has 0 bridgehead atoms. The van der Waals surface area contributed by atoms with Crippen LogP contribution in [0.15, 0.2) is 78.9 Å². The van der Waals surface area contributed by atoms with Gasteiger partial charge < -0.3 is 14.9 Å². The standard InChI is InChI=1S/C5H12O.C2H6O2.6C2H4/c1-3-4-5-6-2;3-1-2-4;6*1-2/h3-5H2,1-2H3;3-4H,1-2H2;6*1-2H2. The molecule has 22 heavy (non-hydrogen) atoms. The predicted molar refractivity (Wildman–Crippen MR) is 108 cm³/mol. The average Bonchev–Trinajstić information content (AvgIpc) is 2.69. The Kier molecular flexibility index (Phi) is 789. The zero-order chi connectivity index (χ0) is 20.2. The SMILES string of the molecule is C=C.C=C.C=C.C=C.C=C.C=C.CCCCOC.OCCO. The molecule has 0 saturated heterocycles. The van der Waals surface area contributed by atoms with Gasteiger partial charge >= 0.3 is 0 Å². The Morgan fingerprint density at radius 3 is 0.909 bits per heavy atom. The molecule has 0 aliphatic carbocycles. The van der Waals surface area contributed by atoms with Gasteiger partial charge in [0.25, 0.3) is 0 Å². The monoisotopic (exact) mass is 318 g/mol. The van der Waals surface area contributed by atoms with Crippen LogP contribution in [0.4, 0.5) is 0 Å². The van der Waals surface area contributed by atoms with Crippen molar-refractivity contribution in [3.05, 3.63) is 78.9 Å². The lowest BCUT2D eigenvalue weighted by atomic mass is 10.4. The third-order valence-electron chi connectivity index (χ3n) is 0.802. The summed E-state index contributed by atoms with van der Waals surface area (Å²) in [6.07, 6.45) is 2.42. The number of unbranched alkanes of at least 4 members (excludes halogenated alkanes) is 1. The van der Waals surface area contributed by atoms with Gasteiger partial charge in [-0.25, -0.2) is 0 Å². The molecule has 0 rings (SSSR count). The summed E-state index contributed by atoms with van der Waals surface area (Å²) in [5.41, 5.74) is 0. The van der Waals surface area contributed by atoms with Gasteiger partial charge in [-0.1, -0.05) is 13.3 Å². The Balaban J connectivity index is -0.0000000182. The van der Waals surface area contributed by atoms with Crippen LogP contribution >= 0.6 is 0 Å². The Hall–Kier alpha value is -1.68. The second-order valence-electron chi connectivity index (χ2n) is 1.79. The second-order valence-corrected chi connectivity index (χ2v) is 1.79. The smallest absolute Gasteiger partial charge is 0.0662 e. The van der Waals surface area contributed by atoms with Crippen LogP contribution < -0.4 is 0 Å². The Morgan fingerprint density at radius 1 is 0.636 bits per heavy atom. The molecule has 0 unspecified atom stereocenters. The molecule has 0 aromatic heterocycles. The normalized spacial score (nSPS) is 4.91. The van der Waals surface area contributed by atoms with Crippen LogP contribution in [0.5, 0.6) is 0 Å². The minimum atomic E-state index is -0.125. The van der Waals surface area contributed by atoms with E-state index in [1.807, 2.05) is 0 Å². The van der Waals surface area contributed by atoms with Crippen LogP contribution in [-0.4, -0.2) is 37.1 Å². The summed E-state index contributed by atoms with van der Waals surface area (Å²) in [7, 11) is 1.73. The Bertz CT molecular complexity index is 77.2. The molecule has 0 aliphatic heterocycles. The van der Waals surface area contributed by atoms with E-state index in [-0.39, 0.29) is 13.2 Å². The summed E-state index contributed by atoms with van der Waals surface area (Å²) < 4.78 is 4.78. The minimum Gasteiger partial charge on any atom is -0.394 e. The molecule has 3 nitrogen and oxygen atoms in total. The fourth-order valence-corrected chi connectivity index (χ4v) is 0.289. The molecule has 0 aromatic carbocycles. The third kappa shape index (κ3) is 1020. The number of hydrogen-bond donors (Lipinski definition) is 2. The van der Waals surface area contributed by atoms with E-state index in [0.29, 0.717) is 0 Å². The van der Waals surface area contributed by atoms with Crippen LogP contribution in [-0.2, 0) is 4.74 Å². The van der Waals surface area contributed by atoms with Gasteiger partial charge in [0, 0.05) is 13.7 Å². The van der Waals surface area contributed by atoms with Crippen LogP contribution in [0.2, 0.25) is 0 Å². The maximum Gasteiger partial charge on any atom is 0.0662 e. The van der Waals surface area contributed by atoms with Gasteiger partial charge in [-0.05, 0) is 6.42 Å². The zero-order valence-corrected chi connectivity index (χ0v) is 15.3. The van der Waals surface area contributed by atoms with E-state index in [9.17, 15) is 0 Å². The van der Waals surface area contributed by atoms with Gasteiger partial charge in [-0.15, -0.1) is 78.9 Å². The van der Waals surface area contributed by atoms with E-state index in [4.69, 9.17) is 14.9 Å². The van der Waals surface area contributed by atoms with Gasteiger partial charge in [-0.3, -0.25) is 0 Å². The third-order valence-corrected chi connectivity index (χ3v) is 0.802. The van der Waals surface area contributed by atoms with Crippen molar-refractivity contribution in [1.29, 1.82) is 0 Å². The molecule has 0 fully saturated rings. The summed E-state index contributed by atoms with van der Waals surface area (Å²) in [5.74, 6) is 0. The second kappa shape index (κ2) is 347. The lowest BCUT2D eigenvalue weighted by Gasteiger charge is -1.89. The predicted octanol–water partition coefficient (Wildman–Crippen LogP) is 5.22. The van der Waals surface area contributed by atoms with Crippen molar-refractivity contribution in [2.24, 2.45) is 0 Å². The maximum atomic E-state index is 7.62. The van der Waals surface area contributed by atoms with Crippen LogP contribution in [0.1, 0.15) is 19.8 Å². The summed E-state index contributed by atoms with van der Waals surface area (Å²) in [6, 6.07) is 0. The van der Waals surface area contributed by atoms with Gasteiger partial charge in [0.05, 0.1) is 13.2 Å². The highest BCUT2D eigenvalue weighted by Crippen LogP contribution is 1.83. The van der Waals surface area contributed by atoms with E-state index >= 15 is 0 Å². The van der Waals surface area contributed by atoms with Gasteiger partial charge in [0.1, 0.15) is 0 Å². The molecule has 0 saturated carbocycles. The lowest BCUT2D eigenvalue weighted by Crippen LogP contribution is -1.85. The van der Waals surface area contributed by atoms with Crippen molar-refractivity contribution in [2.75, 3.05) is 26.9 Å². The Labute approximate surface area is 141 Å². The molecule has 3 heteroatoms. The van der Waals surface area contributed by atoms with Crippen LogP contribution in [0.25, 0.3) is 0 Å². The van der Waals surface area contributed by atoms with E-state index in [1.54, 1.807) is 7.11 Å². The number of ether oxygens (including phenoxy) is 1. The van der Waals surface area contributed by atoms with Gasteiger partial charge in [0.15, 0.2) is 0 Å². The largest absolute Gasteiger partial charge is 0.394 e. The molecule has 0 aromatic rings. The van der Waals surface area contributed by atoms with Crippen molar-refractivity contribution in [3.8, 4) is 0 Å². The molecular formula is C19H42O3. The average molecular weight is 319 g/mol. The van der Waals surface area contributed by atoms with Crippen LogP contribution in [0.3, 0.4) is 0 Å². The van der Waals surface area contributed by atoms with Crippen molar-refractivity contribution in [2.45, 2.75) is 19.8 Å². The summed E-state index contributed by atoms with van der Waals surface area (Å²) in [5, 5.41) is 15.2. The molecule has 0 amide bonds. The van der Waals surface area contributed by atoms with E-state index in [2.05, 4.69) is 85.9 Å². The van der Waals surface area contributed by atoms with Crippen molar-refractivity contribution < 1.29 is 14.9 Å². The molecule has 0 radical (unpaired) electrons. The fourth-order valence-electron chi connectivity index (χ4n) is 0.289. The number of rotatable bonds is 4. The summed E-state index contributed by atoms with van der Waals surface area (Å²) in [4.78, 5) is 0.